The zero-order chi connectivity index (χ0) is 10.4. The average Bonchev–Trinajstić information content (AvgIpc) is 2.19. The fourth-order valence-corrected chi connectivity index (χ4v) is 1.95. The third kappa shape index (κ3) is 3.69. The van der Waals surface area contributed by atoms with E-state index in [1.165, 1.54) is 25.9 Å². The average molecular weight is 194 g/mol. The lowest BCUT2D eigenvalue weighted by Gasteiger charge is -2.34. The van der Waals surface area contributed by atoms with E-state index in [4.69, 9.17) is 6.42 Å². The van der Waals surface area contributed by atoms with Crippen molar-refractivity contribution in [2.45, 2.75) is 32.7 Å². The van der Waals surface area contributed by atoms with Crippen LogP contribution in [0.1, 0.15) is 26.7 Å². The Labute approximate surface area is 88.1 Å². The summed E-state index contributed by atoms with van der Waals surface area (Å²) in [6.45, 7) is 8.82. The maximum atomic E-state index is 5.19. The molecule has 1 atom stereocenters. The summed E-state index contributed by atoms with van der Waals surface area (Å²) in [6, 6.07) is 0.621. The van der Waals surface area contributed by atoms with Crippen LogP contribution < -0.4 is 5.32 Å². The van der Waals surface area contributed by atoms with Crippen LogP contribution in [-0.4, -0.2) is 37.1 Å². The third-order valence-electron chi connectivity index (χ3n) is 3.11. The molecule has 1 aliphatic heterocycles. The summed E-state index contributed by atoms with van der Waals surface area (Å²) in [4.78, 5) is 2.56. The summed E-state index contributed by atoms with van der Waals surface area (Å²) < 4.78 is 0. The van der Waals surface area contributed by atoms with Gasteiger partial charge in [0, 0.05) is 12.6 Å². The molecule has 2 heteroatoms. The molecular weight excluding hydrogens is 172 g/mol. The number of rotatable bonds is 4. The topological polar surface area (TPSA) is 15.3 Å². The molecule has 1 aliphatic rings. The summed E-state index contributed by atoms with van der Waals surface area (Å²) in [5.74, 6) is 3.52. The van der Waals surface area contributed by atoms with Crippen LogP contribution in [0.3, 0.4) is 0 Å². The lowest BCUT2D eigenvalue weighted by Crippen LogP contribution is -2.44. The molecule has 0 spiro atoms. The molecule has 2 nitrogen and oxygen atoms in total. The van der Waals surface area contributed by atoms with Crippen LogP contribution in [0.15, 0.2) is 0 Å². The number of hydrogen-bond donors (Lipinski definition) is 1. The van der Waals surface area contributed by atoms with Gasteiger partial charge in [-0.3, -0.25) is 4.90 Å². The molecule has 0 amide bonds. The second kappa shape index (κ2) is 6.06. The van der Waals surface area contributed by atoms with Crippen LogP contribution in [0.5, 0.6) is 0 Å². The Morgan fingerprint density at radius 3 is 2.71 bits per heavy atom. The van der Waals surface area contributed by atoms with Crippen LogP contribution in [0, 0.1) is 18.3 Å². The predicted molar refractivity (Wildman–Crippen MR) is 61.1 cm³/mol. The van der Waals surface area contributed by atoms with Gasteiger partial charge in [-0.1, -0.05) is 12.8 Å². The first kappa shape index (κ1) is 11.6. The van der Waals surface area contributed by atoms with Gasteiger partial charge in [-0.05, 0) is 38.8 Å². The molecule has 0 aliphatic carbocycles. The van der Waals surface area contributed by atoms with Crippen molar-refractivity contribution in [2.24, 2.45) is 5.92 Å². The molecule has 0 radical (unpaired) electrons. The maximum Gasteiger partial charge on any atom is 0.0574 e. The van der Waals surface area contributed by atoms with E-state index < -0.39 is 0 Å². The monoisotopic (exact) mass is 194 g/mol. The van der Waals surface area contributed by atoms with E-state index in [0.717, 1.165) is 12.5 Å². The summed E-state index contributed by atoms with van der Waals surface area (Å²) in [5.41, 5.74) is 0. The quantitative estimate of drug-likeness (QED) is 0.536. The first-order valence-electron chi connectivity index (χ1n) is 5.62. The third-order valence-corrected chi connectivity index (χ3v) is 3.11. The van der Waals surface area contributed by atoms with Gasteiger partial charge in [-0.25, -0.2) is 0 Å². The highest BCUT2D eigenvalue weighted by Gasteiger charge is 2.19. The largest absolute Gasteiger partial charge is 0.305 e. The van der Waals surface area contributed by atoms with E-state index in [2.05, 4.69) is 30.0 Å². The van der Waals surface area contributed by atoms with Crippen LogP contribution >= 0.6 is 0 Å². The Balaban J connectivity index is 2.17. The van der Waals surface area contributed by atoms with Crippen molar-refractivity contribution in [3.63, 3.8) is 0 Å². The number of terminal acetylenes is 1. The Kier molecular flexibility index (Phi) is 5.00. The SMILES string of the molecule is C#CCNCC(C)N1CCC(C)CC1. The molecule has 1 heterocycles. The zero-order valence-corrected chi connectivity index (χ0v) is 9.42. The van der Waals surface area contributed by atoms with E-state index in [-0.39, 0.29) is 0 Å². The van der Waals surface area contributed by atoms with Crippen molar-refractivity contribution in [1.29, 1.82) is 0 Å². The number of piperidine rings is 1. The zero-order valence-electron chi connectivity index (χ0n) is 9.42. The molecule has 1 saturated heterocycles. The minimum atomic E-state index is 0.621. The van der Waals surface area contributed by atoms with Gasteiger partial charge >= 0.3 is 0 Å². The molecule has 0 bridgehead atoms. The van der Waals surface area contributed by atoms with E-state index in [0.29, 0.717) is 12.6 Å². The summed E-state index contributed by atoms with van der Waals surface area (Å²) in [7, 11) is 0. The second-order valence-corrected chi connectivity index (χ2v) is 4.40. The molecule has 1 rings (SSSR count). The van der Waals surface area contributed by atoms with Crippen molar-refractivity contribution in [2.75, 3.05) is 26.2 Å². The molecule has 0 aromatic carbocycles. The van der Waals surface area contributed by atoms with Crippen molar-refractivity contribution >= 4 is 0 Å². The van der Waals surface area contributed by atoms with Crippen LogP contribution in [0.2, 0.25) is 0 Å². The smallest absolute Gasteiger partial charge is 0.0574 e. The predicted octanol–water partition coefficient (Wildman–Crippen LogP) is 1.33. The molecule has 1 fully saturated rings. The standard InChI is InChI=1S/C12H22N2/c1-4-7-13-10-12(3)14-8-5-11(2)6-9-14/h1,11-13H,5-10H2,2-3H3. The van der Waals surface area contributed by atoms with E-state index in [1.54, 1.807) is 0 Å². The lowest BCUT2D eigenvalue weighted by atomic mass is 9.98. The van der Waals surface area contributed by atoms with Crippen LogP contribution in [0.4, 0.5) is 0 Å². The second-order valence-electron chi connectivity index (χ2n) is 4.40. The minimum absolute atomic E-state index is 0.621. The molecule has 1 N–H and O–H groups in total. The van der Waals surface area contributed by atoms with Gasteiger partial charge in [-0.2, -0.15) is 0 Å². The lowest BCUT2D eigenvalue weighted by molar-refractivity contribution is 0.145. The number of likely N-dealkylation sites (tertiary alicyclic amines) is 1. The van der Waals surface area contributed by atoms with Gasteiger partial charge in [0.15, 0.2) is 0 Å². The van der Waals surface area contributed by atoms with Crippen molar-refractivity contribution in [3.05, 3.63) is 0 Å². The number of hydrogen-bond acceptors (Lipinski definition) is 2. The first-order chi connectivity index (χ1) is 6.74. The highest BCUT2D eigenvalue weighted by molar-refractivity contribution is 4.87. The van der Waals surface area contributed by atoms with Crippen molar-refractivity contribution < 1.29 is 0 Å². The number of nitrogens with zero attached hydrogens (tertiary/aromatic N) is 1. The van der Waals surface area contributed by atoms with Gasteiger partial charge in [0.1, 0.15) is 0 Å². The maximum absolute atomic E-state index is 5.19. The number of nitrogens with one attached hydrogen (secondary N) is 1. The first-order valence-corrected chi connectivity index (χ1v) is 5.62. The Morgan fingerprint density at radius 2 is 2.14 bits per heavy atom. The van der Waals surface area contributed by atoms with Gasteiger partial charge in [0.05, 0.1) is 6.54 Å². The Hall–Kier alpha value is -0.520. The Bertz CT molecular complexity index is 187. The van der Waals surface area contributed by atoms with Crippen molar-refractivity contribution in [1.82, 2.24) is 10.2 Å². The fraction of sp³-hybridized carbons (Fsp3) is 0.833. The highest BCUT2D eigenvalue weighted by Crippen LogP contribution is 2.17. The van der Waals surface area contributed by atoms with E-state index >= 15 is 0 Å². The molecule has 0 aromatic heterocycles. The van der Waals surface area contributed by atoms with Crippen LogP contribution in [0.25, 0.3) is 0 Å². The molecule has 0 aromatic rings. The summed E-state index contributed by atoms with van der Waals surface area (Å²) in [6.07, 6.45) is 7.88. The molecular formula is C12H22N2. The normalized spacial score (nSPS) is 21.8. The van der Waals surface area contributed by atoms with E-state index in [9.17, 15) is 0 Å². The van der Waals surface area contributed by atoms with Gasteiger partial charge in [0.2, 0.25) is 0 Å². The van der Waals surface area contributed by atoms with Gasteiger partial charge < -0.3 is 5.32 Å². The van der Waals surface area contributed by atoms with E-state index in [1.807, 2.05) is 0 Å². The Morgan fingerprint density at radius 1 is 1.50 bits per heavy atom. The summed E-state index contributed by atoms with van der Waals surface area (Å²) in [5, 5.41) is 3.27. The van der Waals surface area contributed by atoms with Crippen molar-refractivity contribution in [3.8, 4) is 12.3 Å². The minimum Gasteiger partial charge on any atom is -0.305 e. The highest BCUT2D eigenvalue weighted by atomic mass is 15.2. The van der Waals surface area contributed by atoms with Gasteiger partial charge in [0.25, 0.3) is 0 Å². The summed E-state index contributed by atoms with van der Waals surface area (Å²) >= 11 is 0. The molecule has 0 saturated carbocycles. The fourth-order valence-electron chi connectivity index (χ4n) is 1.95. The van der Waals surface area contributed by atoms with Crippen LogP contribution in [-0.2, 0) is 0 Å². The molecule has 80 valence electrons. The van der Waals surface area contributed by atoms with Gasteiger partial charge in [-0.15, -0.1) is 6.42 Å². The molecule has 1 unspecified atom stereocenters. The molecule has 14 heavy (non-hydrogen) atoms.